The predicted molar refractivity (Wildman–Crippen MR) is 235 cm³/mol. The molecule has 3 aliphatic rings. The molecule has 0 fully saturated rings. The SMILES string of the molecule is C=C/C=C1\C(=C)c2ccccc2C12c1ccc(-c3ccc(C4N=C(c5ccccc5)c5c(oc6ccccc56)N4)cc3NC)cc1-c1c2ccc(C)c1/C=C\C. The first-order chi connectivity index (χ1) is 27.5. The number of anilines is 2. The van der Waals surface area contributed by atoms with Crippen molar-refractivity contribution in [2.24, 2.45) is 4.99 Å². The molecule has 10 rings (SSSR count). The number of allylic oxidation sites excluding steroid dienone is 5. The number of nitrogens with one attached hydrogen (secondary N) is 2. The summed E-state index contributed by atoms with van der Waals surface area (Å²) in [7, 11) is 1.99. The van der Waals surface area contributed by atoms with E-state index in [9.17, 15) is 0 Å². The minimum atomic E-state index is -0.499. The first-order valence-electron chi connectivity index (χ1n) is 19.3. The molecule has 6 aromatic carbocycles. The Morgan fingerprint density at radius 3 is 2.36 bits per heavy atom. The van der Waals surface area contributed by atoms with Gasteiger partial charge in [-0.2, -0.15) is 0 Å². The first-order valence-corrected chi connectivity index (χ1v) is 19.3. The Morgan fingerprint density at radius 1 is 0.768 bits per heavy atom. The van der Waals surface area contributed by atoms with Crippen molar-refractivity contribution in [2.45, 2.75) is 25.4 Å². The van der Waals surface area contributed by atoms with Gasteiger partial charge in [0.1, 0.15) is 11.7 Å². The number of aryl methyl sites for hydroxylation is 1. The van der Waals surface area contributed by atoms with Crippen molar-refractivity contribution in [3.8, 4) is 22.3 Å². The summed E-state index contributed by atoms with van der Waals surface area (Å²) in [4.78, 5) is 5.35. The second kappa shape index (κ2) is 12.9. The molecule has 0 saturated carbocycles. The molecule has 56 heavy (non-hydrogen) atoms. The molecule has 1 aliphatic heterocycles. The van der Waals surface area contributed by atoms with Gasteiger partial charge >= 0.3 is 0 Å². The van der Waals surface area contributed by atoms with Crippen molar-refractivity contribution < 1.29 is 4.42 Å². The first kappa shape index (κ1) is 33.6. The Morgan fingerprint density at radius 2 is 1.54 bits per heavy atom. The van der Waals surface area contributed by atoms with Gasteiger partial charge in [-0.1, -0.05) is 147 Å². The van der Waals surface area contributed by atoms with Gasteiger partial charge in [-0.25, -0.2) is 0 Å². The smallest absolute Gasteiger partial charge is 0.205 e. The van der Waals surface area contributed by atoms with Crippen LogP contribution in [0.5, 0.6) is 0 Å². The van der Waals surface area contributed by atoms with Crippen molar-refractivity contribution in [1.29, 1.82) is 0 Å². The number of rotatable bonds is 6. The number of furan rings is 1. The van der Waals surface area contributed by atoms with Crippen LogP contribution in [-0.2, 0) is 5.41 Å². The predicted octanol–water partition coefficient (Wildman–Crippen LogP) is 12.9. The maximum Gasteiger partial charge on any atom is 0.205 e. The Balaban J connectivity index is 1.13. The van der Waals surface area contributed by atoms with Crippen LogP contribution < -0.4 is 10.6 Å². The van der Waals surface area contributed by atoms with E-state index in [0.717, 1.165) is 61.6 Å². The molecule has 7 aromatic rings. The van der Waals surface area contributed by atoms with Crippen LogP contribution in [0.15, 0.2) is 174 Å². The van der Waals surface area contributed by atoms with Crippen LogP contribution in [0, 0.1) is 6.92 Å². The van der Waals surface area contributed by atoms with Crippen molar-refractivity contribution in [2.75, 3.05) is 17.7 Å². The highest BCUT2D eigenvalue weighted by atomic mass is 16.4. The van der Waals surface area contributed by atoms with Crippen LogP contribution >= 0.6 is 0 Å². The molecule has 2 heterocycles. The van der Waals surface area contributed by atoms with Crippen molar-refractivity contribution in [3.63, 3.8) is 0 Å². The van der Waals surface area contributed by atoms with Gasteiger partial charge < -0.3 is 15.1 Å². The summed E-state index contributed by atoms with van der Waals surface area (Å²) in [5.41, 5.74) is 19.9. The number of benzene rings is 6. The van der Waals surface area contributed by atoms with E-state index in [1.807, 2.05) is 37.4 Å². The summed E-state index contributed by atoms with van der Waals surface area (Å²) in [6, 6.07) is 45.6. The van der Waals surface area contributed by atoms with Gasteiger partial charge in [0.05, 0.1) is 16.7 Å². The third kappa shape index (κ3) is 4.69. The van der Waals surface area contributed by atoms with Crippen molar-refractivity contribution in [3.05, 3.63) is 214 Å². The summed E-state index contributed by atoms with van der Waals surface area (Å²) in [5.74, 6) is 0.736. The lowest BCUT2D eigenvalue weighted by atomic mass is 9.70. The largest absolute Gasteiger partial charge is 0.440 e. The van der Waals surface area contributed by atoms with E-state index < -0.39 is 5.41 Å². The highest BCUT2D eigenvalue weighted by molar-refractivity contribution is 6.23. The van der Waals surface area contributed by atoms with Crippen LogP contribution in [0.25, 0.3) is 44.9 Å². The van der Waals surface area contributed by atoms with Crippen molar-refractivity contribution >= 4 is 39.9 Å². The average molecular weight is 724 g/mol. The number of aliphatic imine (C=N–C) groups is 1. The van der Waals surface area contributed by atoms with Gasteiger partial charge in [-0.3, -0.25) is 4.99 Å². The molecule has 0 saturated heterocycles. The Hall–Kier alpha value is -6.91. The van der Waals surface area contributed by atoms with E-state index in [4.69, 9.17) is 9.41 Å². The molecule has 0 radical (unpaired) electrons. The zero-order valence-corrected chi connectivity index (χ0v) is 31.8. The number of fused-ring (bicyclic) bond motifs is 10. The number of hydrogen-bond donors (Lipinski definition) is 2. The molecule has 1 spiro atoms. The van der Waals surface area contributed by atoms with Gasteiger partial charge in [0, 0.05) is 29.2 Å². The van der Waals surface area contributed by atoms with Gasteiger partial charge in [-0.05, 0) is 98.8 Å². The lowest BCUT2D eigenvalue weighted by Gasteiger charge is -2.31. The van der Waals surface area contributed by atoms with E-state index in [1.165, 1.54) is 50.1 Å². The van der Waals surface area contributed by atoms with Crippen LogP contribution in [0.2, 0.25) is 0 Å². The fraction of sp³-hybridized carbons (Fsp3) is 0.0962. The van der Waals surface area contributed by atoms with E-state index in [0.29, 0.717) is 0 Å². The molecule has 4 heteroatoms. The molecule has 2 atom stereocenters. The minimum Gasteiger partial charge on any atom is -0.440 e. The van der Waals surface area contributed by atoms with E-state index >= 15 is 0 Å². The molecule has 1 aromatic heterocycles. The van der Waals surface area contributed by atoms with Gasteiger partial charge in [-0.15, -0.1) is 0 Å². The molecule has 2 unspecified atom stereocenters. The maximum atomic E-state index is 6.41. The molecule has 2 N–H and O–H groups in total. The highest BCUT2D eigenvalue weighted by Gasteiger charge is 2.53. The number of hydrogen-bond acceptors (Lipinski definition) is 4. The molecular weight excluding hydrogens is 683 g/mol. The minimum absolute atomic E-state index is 0.344. The van der Waals surface area contributed by atoms with Crippen LogP contribution in [-0.4, -0.2) is 12.8 Å². The molecule has 0 amide bonds. The summed E-state index contributed by atoms with van der Waals surface area (Å²) < 4.78 is 6.41. The van der Waals surface area contributed by atoms with E-state index in [2.05, 4.69) is 159 Å². The van der Waals surface area contributed by atoms with Crippen LogP contribution in [0.4, 0.5) is 11.6 Å². The summed E-state index contributed by atoms with van der Waals surface area (Å²) >= 11 is 0. The summed E-state index contributed by atoms with van der Waals surface area (Å²) in [6.07, 6.45) is 8.14. The molecular formula is C52H41N3O. The quantitative estimate of drug-likeness (QED) is 0.180. The van der Waals surface area contributed by atoms with Crippen LogP contribution in [0.1, 0.15) is 63.2 Å². The summed E-state index contributed by atoms with van der Waals surface area (Å²) in [6.45, 7) is 13.1. The fourth-order valence-electron chi connectivity index (χ4n) is 9.51. The Bertz CT molecular complexity index is 2890. The lowest BCUT2D eigenvalue weighted by Crippen LogP contribution is -2.26. The molecule has 270 valence electrons. The molecule has 4 nitrogen and oxygen atoms in total. The summed E-state index contributed by atoms with van der Waals surface area (Å²) in [5, 5.41) is 8.21. The zero-order chi connectivity index (χ0) is 38.1. The van der Waals surface area contributed by atoms with E-state index in [1.54, 1.807) is 0 Å². The third-order valence-electron chi connectivity index (χ3n) is 11.9. The normalized spacial score (nSPS) is 18.5. The monoisotopic (exact) mass is 723 g/mol. The fourth-order valence-corrected chi connectivity index (χ4v) is 9.51. The number of para-hydroxylation sites is 1. The Labute approximate surface area is 328 Å². The number of nitrogens with zero attached hydrogens (tertiary/aromatic N) is 1. The van der Waals surface area contributed by atoms with Gasteiger partial charge in [0.25, 0.3) is 0 Å². The zero-order valence-electron chi connectivity index (χ0n) is 31.8. The van der Waals surface area contributed by atoms with Gasteiger partial charge in [0.2, 0.25) is 5.88 Å². The second-order valence-electron chi connectivity index (χ2n) is 14.8. The third-order valence-corrected chi connectivity index (χ3v) is 11.9. The van der Waals surface area contributed by atoms with Crippen molar-refractivity contribution in [1.82, 2.24) is 0 Å². The highest BCUT2D eigenvalue weighted by Crippen LogP contribution is 2.64. The standard InChI is InChI=1S/C52H41N3O/c1-6-15-36-31(3)23-27-44-47(36)40-29-34(25-28-43(40)52(44)41(16-7-2)32(4)37-19-11-13-21-42(37)52)38-26-24-35(30-45(38)53-5)50-54-49(33-17-9-8-10-18-33)48-39-20-12-14-22-46(39)56-51(48)55-50/h6-30,50,53,55H,2,4H2,1,3,5H3/b15-6-,41-16+. The van der Waals surface area contributed by atoms with Crippen LogP contribution in [0.3, 0.4) is 0 Å². The van der Waals surface area contributed by atoms with Gasteiger partial charge in [0.15, 0.2) is 0 Å². The average Bonchev–Trinajstić information content (AvgIpc) is 3.85. The molecule has 0 bridgehead atoms. The maximum absolute atomic E-state index is 6.41. The van der Waals surface area contributed by atoms with E-state index in [-0.39, 0.29) is 6.17 Å². The molecule has 2 aliphatic carbocycles. The topological polar surface area (TPSA) is 49.6 Å². The Kier molecular flexibility index (Phi) is 7.72. The lowest BCUT2D eigenvalue weighted by molar-refractivity contribution is 0.609. The second-order valence-corrected chi connectivity index (χ2v) is 14.8.